The average molecular weight is 307 g/mol. The molecular weight excluding hydrogens is 296 g/mol. The second-order valence-electron chi connectivity index (χ2n) is 4.08. The SMILES string of the molecule is CC[C@H](C(=O)[O-])N1C(=O)/C(=C/c2cccnc2)SC1=S. The summed E-state index contributed by atoms with van der Waals surface area (Å²) < 4.78 is 0.237. The van der Waals surface area contributed by atoms with Crippen molar-refractivity contribution in [1.29, 1.82) is 0 Å². The van der Waals surface area contributed by atoms with Crippen molar-refractivity contribution in [3.63, 3.8) is 0 Å². The van der Waals surface area contributed by atoms with Gasteiger partial charge in [0.1, 0.15) is 4.32 Å². The Bertz CT molecular complexity index is 587. The lowest BCUT2D eigenvalue weighted by molar-refractivity contribution is -0.310. The molecule has 0 N–H and O–H groups in total. The van der Waals surface area contributed by atoms with Crippen LogP contribution in [0.1, 0.15) is 18.9 Å². The van der Waals surface area contributed by atoms with Crippen LogP contribution in [0.15, 0.2) is 29.4 Å². The summed E-state index contributed by atoms with van der Waals surface area (Å²) in [6.45, 7) is 1.67. The molecule has 1 aliphatic rings. The number of pyridine rings is 1. The van der Waals surface area contributed by atoms with Crippen molar-refractivity contribution in [3.05, 3.63) is 35.0 Å². The number of aliphatic carboxylic acids is 1. The first kappa shape index (κ1) is 14.7. The molecule has 20 heavy (non-hydrogen) atoms. The molecule has 0 aliphatic carbocycles. The predicted molar refractivity (Wildman–Crippen MR) is 78.3 cm³/mol. The summed E-state index contributed by atoms with van der Waals surface area (Å²) >= 11 is 6.18. The van der Waals surface area contributed by atoms with Crippen LogP contribution in [-0.4, -0.2) is 32.1 Å². The number of hydrogen-bond acceptors (Lipinski definition) is 6. The summed E-state index contributed by atoms with van der Waals surface area (Å²) in [6, 6.07) is 2.53. The van der Waals surface area contributed by atoms with Crippen LogP contribution in [0, 0.1) is 0 Å². The molecule has 1 aliphatic heterocycles. The zero-order chi connectivity index (χ0) is 14.7. The van der Waals surface area contributed by atoms with E-state index in [-0.39, 0.29) is 10.7 Å². The van der Waals surface area contributed by atoms with Crippen molar-refractivity contribution in [2.24, 2.45) is 0 Å². The number of thiocarbonyl (C=S) groups is 1. The highest BCUT2D eigenvalue weighted by atomic mass is 32.2. The Morgan fingerprint density at radius 1 is 1.65 bits per heavy atom. The Hall–Kier alpha value is -1.73. The first-order valence-corrected chi connectivity index (χ1v) is 7.15. The van der Waals surface area contributed by atoms with Gasteiger partial charge in [0.05, 0.1) is 16.9 Å². The van der Waals surface area contributed by atoms with E-state index in [1.165, 1.54) is 0 Å². The molecule has 1 saturated heterocycles. The van der Waals surface area contributed by atoms with Crippen LogP contribution in [0.25, 0.3) is 6.08 Å². The third-order valence-corrected chi connectivity index (χ3v) is 4.11. The molecule has 0 aromatic carbocycles. The van der Waals surface area contributed by atoms with Crippen LogP contribution in [-0.2, 0) is 9.59 Å². The zero-order valence-corrected chi connectivity index (χ0v) is 12.2. The minimum Gasteiger partial charge on any atom is -0.548 e. The number of carbonyl (C=O) groups is 2. The molecule has 7 heteroatoms. The Balaban J connectivity index is 2.29. The number of carboxylic acids is 1. The van der Waals surface area contributed by atoms with E-state index in [1.54, 1.807) is 37.5 Å². The fourth-order valence-corrected chi connectivity index (χ4v) is 3.17. The molecule has 1 atom stereocenters. The zero-order valence-electron chi connectivity index (χ0n) is 10.6. The maximum atomic E-state index is 12.3. The van der Waals surface area contributed by atoms with E-state index in [2.05, 4.69) is 4.98 Å². The van der Waals surface area contributed by atoms with Crippen LogP contribution < -0.4 is 5.11 Å². The van der Waals surface area contributed by atoms with Crippen LogP contribution in [0.3, 0.4) is 0 Å². The highest BCUT2D eigenvalue weighted by Gasteiger charge is 2.36. The van der Waals surface area contributed by atoms with Crippen LogP contribution in [0.2, 0.25) is 0 Å². The molecule has 104 valence electrons. The molecule has 0 bridgehead atoms. The van der Waals surface area contributed by atoms with Crippen molar-refractivity contribution in [3.8, 4) is 0 Å². The molecule has 1 aromatic heterocycles. The highest BCUT2D eigenvalue weighted by Crippen LogP contribution is 2.34. The second kappa shape index (κ2) is 6.15. The van der Waals surface area contributed by atoms with Crippen LogP contribution >= 0.6 is 24.0 Å². The maximum absolute atomic E-state index is 12.3. The summed E-state index contributed by atoms with van der Waals surface area (Å²) in [5.74, 6) is -1.70. The van der Waals surface area contributed by atoms with Gasteiger partial charge in [-0.05, 0) is 24.1 Å². The fourth-order valence-electron chi connectivity index (χ4n) is 1.82. The van der Waals surface area contributed by atoms with Crippen LogP contribution in [0.4, 0.5) is 0 Å². The monoisotopic (exact) mass is 307 g/mol. The lowest BCUT2D eigenvalue weighted by Crippen LogP contribution is -2.49. The van der Waals surface area contributed by atoms with Gasteiger partial charge in [0.25, 0.3) is 5.91 Å². The Morgan fingerprint density at radius 2 is 2.40 bits per heavy atom. The van der Waals surface area contributed by atoms with Gasteiger partial charge in [-0.25, -0.2) is 0 Å². The molecule has 1 amide bonds. The molecule has 5 nitrogen and oxygen atoms in total. The first-order valence-electron chi connectivity index (χ1n) is 5.92. The summed E-state index contributed by atoms with van der Waals surface area (Å²) in [7, 11) is 0. The van der Waals surface area contributed by atoms with E-state index in [1.807, 2.05) is 0 Å². The average Bonchev–Trinajstić information content (AvgIpc) is 2.68. The molecule has 0 spiro atoms. The quantitative estimate of drug-likeness (QED) is 0.605. The molecule has 1 fully saturated rings. The summed E-state index contributed by atoms with van der Waals surface area (Å²) in [4.78, 5) is 28.8. The third kappa shape index (κ3) is 2.88. The number of thioether (sulfide) groups is 1. The first-order chi connectivity index (χ1) is 9.54. The van der Waals surface area contributed by atoms with Crippen molar-refractivity contribution >= 4 is 46.3 Å². The Labute approximate surface area is 125 Å². The van der Waals surface area contributed by atoms with E-state index in [9.17, 15) is 14.7 Å². The van der Waals surface area contributed by atoms with Gasteiger partial charge in [-0.15, -0.1) is 0 Å². The Morgan fingerprint density at radius 3 is 2.95 bits per heavy atom. The molecule has 2 heterocycles. The van der Waals surface area contributed by atoms with Gasteiger partial charge in [-0.3, -0.25) is 14.7 Å². The topological polar surface area (TPSA) is 73.3 Å². The van der Waals surface area contributed by atoms with E-state index in [0.717, 1.165) is 22.2 Å². The van der Waals surface area contributed by atoms with Gasteiger partial charge in [-0.1, -0.05) is 37.0 Å². The second-order valence-corrected chi connectivity index (χ2v) is 5.76. The fraction of sp³-hybridized carbons (Fsp3) is 0.231. The third-order valence-electron chi connectivity index (χ3n) is 2.78. The standard InChI is InChI=1S/C13H12N2O3S2/c1-2-9(12(17)18)15-11(16)10(20-13(15)19)6-8-4-3-5-14-7-8/h3-7,9H,2H2,1H3,(H,17,18)/p-1/b10-6-/t9-/m1/s1. The molecule has 2 rings (SSSR count). The summed E-state index contributed by atoms with van der Waals surface area (Å²) in [5, 5.41) is 11.1. The number of nitrogens with zero attached hydrogens (tertiary/aromatic N) is 2. The summed E-state index contributed by atoms with van der Waals surface area (Å²) in [5.41, 5.74) is 0.759. The lowest BCUT2D eigenvalue weighted by Gasteiger charge is -2.26. The van der Waals surface area contributed by atoms with E-state index < -0.39 is 17.9 Å². The minimum atomic E-state index is -1.30. The van der Waals surface area contributed by atoms with Crippen LogP contribution in [0.5, 0.6) is 0 Å². The molecular formula is C13H11N2O3S2-. The summed E-state index contributed by atoms with van der Waals surface area (Å²) in [6.07, 6.45) is 5.14. The number of carbonyl (C=O) groups excluding carboxylic acids is 2. The smallest absolute Gasteiger partial charge is 0.266 e. The van der Waals surface area contributed by atoms with E-state index in [0.29, 0.717) is 4.91 Å². The largest absolute Gasteiger partial charge is 0.548 e. The highest BCUT2D eigenvalue weighted by molar-refractivity contribution is 8.26. The molecule has 0 unspecified atom stereocenters. The lowest BCUT2D eigenvalue weighted by atomic mass is 10.2. The molecule has 0 radical (unpaired) electrons. The van der Waals surface area contributed by atoms with Gasteiger partial charge in [0, 0.05) is 12.4 Å². The molecule has 0 saturated carbocycles. The number of rotatable bonds is 4. The van der Waals surface area contributed by atoms with E-state index in [4.69, 9.17) is 12.2 Å². The Kier molecular flexibility index (Phi) is 4.51. The number of aromatic nitrogens is 1. The predicted octanol–water partition coefficient (Wildman–Crippen LogP) is 0.811. The molecule has 1 aromatic rings. The van der Waals surface area contributed by atoms with Gasteiger partial charge < -0.3 is 9.90 Å². The van der Waals surface area contributed by atoms with Gasteiger partial charge in [-0.2, -0.15) is 0 Å². The van der Waals surface area contributed by atoms with E-state index >= 15 is 0 Å². The van der Waals surface area contributed by atoms with Crippen molar-refractivity contribution < 1.29 is 14.7 Å². The van der Waals surface area contributed by atoms with Gasteiger partial charge >= 0.3 is 0 Å². The normalized spacial score (nSPS) is 18.6. The van der Waals surface area contributed by atoms with Gasteiger partial charge in [0.2, 0.25) is 0 Å². The number of hydrogen-bond donors (Lipinski definition) is 0. The minimum absolute atomic E-state index is 0.237. The van der Waals surface area contributed by atoms with Crippen molar-refractivity contribution in [2.45, 2.75) is 19.4 Å². The number of amides is 1. The van der Waals surface area contributed by atoms with Gasteiger partial charge in [0.15, 0.2) is 0 Å². The maximum Gasteiger partial charge on any atom is 0.266 e. The van der Waals surface area contributed by atoms with Crippen molar-refractivity contribution in [2.75, 3.05) is 0 Å². The number of carboxylic acid groups (broad SMARTS) is 1. The van der Waals surface area contributed by atoms with Crippen molar-refractivity contribution in [1.82, 2.24) is 9.88 Å².